The summed E-state index contributed by atoms with van der Waals surface area (Å²) in [5, 5.41) is 1.13. The predicted octanol–water partition coefficient (Wildman–Crippen LogP) is 4.47. The van der Waals surface area contributed by atoms with Crippen molar-refractivity contribution >= 4 is 26.8 Å². The smallest absolute Gasteiger partial charge is 0.243 e. The molecule has 0 spiro atoms. The Balaban J connectivity index is 1.56. The highest BCUT2D eigenvalue weighted by Crippen LogP contribution is 2.20. The van der Waals surface area contributed by atoms with E-state index in [-0.39, 0.29) is 23.9 Å². The quantitative estimate of drug-likeness (QED) is 0.264. The van der Waals surface area contributed by atoms with Crippen molar-refractivity contribution in [3.8, 4) is 0 Å². The number of aromatic amines is 1. The number of aromatic nitrogens is 1. The highest BCUT2D eigenvalue weighted by atomic mass is 32.2. The summed E-state index contributed by atoms with van der Waals surface area (Å²) in [6.45, 7) is 1.23. The summed E-state index contributed by atoms with van der Waals surface area (Å²) < 4.78 is 33.3. The van der Waals surface area contributed by atoms with Gasteiger partial charge in [0, 0.05) is 50.5 Å². The third-order valence-electron chi connectivity index (χ3n) is 6.34. The number of carbonyl (C=O) groups excluding carboxylic acids is 1. The van der Waals surface area contributed by atoms with E-state index < -0.39 is 10.0 Å². The third-order valence-corrected chi connectivity index (χ3v) is 8.20. The molecule has 4 rings (SSSR count). The van der Waals surface area contributed by atoms with Crippen LogP contribution in [0.1, 0.15) is 17.5 Å². The zero-order chi connectivity index (χ0) is 26.1. The molecule has 1 N–H and O–H groups in total. The first kappa shape index (κ1) is 26.6. The number of sulfonamides is 1. The average molecular weight is 520 g/mol. The van der Waals surface area contributed by atoms with Crippen LogP contribution < -0.4 is 0 Å². The van der Waals surface area contributed by atoms with E-state index in [4.69, 9.17) is 4.74 Å². The molecule has 0 aliphatic rings. The monoisotopic (exact) mass is 519 g/mol. The normalized spacial score (nSPS) is 11.7. The summed E-state index contributed by atoms with van der Waals surface area (Å²) in [7, 11) is -2.27. The Morgan fingerprint density at radius 3 is 2.30 bits per heavy atom. The van der Waals surface area contributed by atoms with Crippen LogP contribution in [0.2, 0.25) is 0 Å². The Labute approximate surface area is 218 Å². The highest BCUT2D eigenvalue weighted by Gasteiger charge is 2.28. The molecule has 0 radical (unpaired) electrons. The molecule has 1 amide bonds. The number of carbonyl (C=O) groups is 1. The van der Waals surface area contributed by atoms with Crippen molar-refractivity contribution in [2.45, 2.75) is 24.3 Å². The van der Waals surface area contributed by atoms with Gasteiger partial charge in [0.2, 0.25) is 15.9 Å². The number of H-pyrrole nitrogens is 1. The van der Waals surface area contributed by atoms with Gasteiger partial charge in [-0.05, 0) is 42.2 Å². The maximum atomic E-state index is 13.7. The molecule has 0 atom stereocenters. The number of hydrogen-bond acceptors (Lipinski definition) is 4. The molecule has 0 aliphatic carbocycles. The molecule has 3 aromatic carbocycles. The topological polar surface area (TPSA) is 82.7 Å². The number of hydrogen-bond donors (Lipinski definition) is 1. The van der Waals surface area contributed by atoms with Gasteiger partial charge in [0.05, 0.1) is 11.4 Å². The van der Waals surface area contributed by atoms with E-state index in [0.717, 1.165) is 22.0 Å². The van der Waals surface area contributed by atoms with Gasteiger partial charge in [0.25, 0.3) is 0 Å². The number of amides is 1. The summed E-state index contributed by atoms with van der Waals surface area (Å²) in [6.07, 6.45) is 3.12. The molecule has 4 aromatic rings. The number of nitrogens with zero attached hydrogens (tertiary/aromatic N) is 2. The molecule has 0 fully saturated rings. The van der Waals surface area contributed by atoms with E-state index in [1.807, 2.05) is 54.7 Å². The zero-order valence-corrected chi connectivity index (χ0v) is 21.9. The van der Waals surface area contributed by atoms with Crippen molar-refractivity contribution in [2.75, 3.05) is 33.4 Å². The van der Waals surface area contributed by atoms with Crippen LogP contribution in [0, 0.1) is 0 Å². The summed E-state index contributed by atoms with van der Waals surface area (Å²) in [5.74, 6) is -0.236. The minimum absolute atomic E-state index is 0.175. The van der Waals surface area contributed by atoms with Crippen molar-refractivity contribution in [3.05, 3.63) is 102 Å². The van der Waals surface area contributed by atoms with Crippen molar-refractivity contribution in [2.24, 2.45) is 0 Å². The van der Waals surface area contributed by atoms with Gasteiger partial charge in [-0.3, -0.25) is 4.79 Å². The minimum atomic E-state index is -3.84. The van der Waals surface area contributed by atoms with Gasteiger partial charge in [0.15, 0.2) is 0 Å². The van der Waals surface area contributed by atoms with Gasteiger partial charge in [-0.1, -0.05) is 66.7 Å². The lowest BCUT2D eigenvalue weighted by Gasteiger charge is -2.27. The van der Waals surface area contributed by atoms with Crippen LogP contribution in [0.5, 0.6) is 0 Å². The van der Waals surface area contributed by atoms with E-state index in [0.29, 0.717) is 32.5 Å². The molecule has 8 heteroatoms. The molecule has 7 nitrogen and oxygen atoms in total. The van der Waals surface area contributed by atoms with Crippen LogP contribution in [0.4, 0.5) is 0 Å². The zero-order valence-electron chi connectivity index (χ0n) is 21.0. The van der Waals surface area contributed by atoms with Crippen LogP contribution in [0.3, 0.4) is 0 Å². The number of fused-ring (bicyclic) bond motifs is 1. The van der Waals surface area contributed by atoms with E-state index in [1.54, 1.807) is 42.3 Å². The second kappa shape index (κ2) is 12.7. The maximum absolute atomic E-state index is 13.7. The lowest BCUT2D eigenvalue weighted by molar-refractivity contribution is -0.132. The largest absolute Gasteiger partial charge is 0.385 e. The number of benzene rings is 3. The summed E-state index contributed by atoms with van der Waals surface area (Å²) in [4.78, 5) is 18.9. The Bertz CT molecular complexity index is 1390. The Morgan fingerprint density at radius 1 is 0.892 bits per heavy atom. The van der Waals surface area contributed by atoms with Gasteiger partial charge in [-0.25, -0.2) is 8.42 Å². The number of nitrogens with one attached hydrogen (secondary N) is 1. The molecular weight excluding hydrogens is 486 g/mol. The van der Waals surface area contributed by atoms with Crippen molar-refractivity contribution in [3.63, 3.8) is 0 Å². The van der Waals surface area contributed by atoms with Crippen LogP contribution in [-0.2, 0) is 32.5 Å². The van der Waals surface area contributed by atoms with Gasteiger partial charge in [0.1, 0.15) is 0 Å². The molecule has 0 aliphatic heterocycles. The first-order valence-electron chi connectivity index (χ1n) is 12.4. The van der Waals surface area contributed by atoms with Crippen molar-refractivity contribution in [1.29, 1.82) is 0 Å². The van der Waals surface area contributed by atoms with Gasteiger partial charge >= 0.3 is 0 Å². The fourth-order valence-electron chi connectivity index (χ4n) is 4.35. The molecular formula is C29H33N3O4S. The number of methoxy groups -OCH3 is 1. The van der Waals surface area contributed by atoms with Crippen LogP contribution in [0.15, 0.2) is 96.0 Å². The lowest BCUT2D eigenvalue weighted by atomic mass is 10.1. The Morgan fingerprint density at radius 2 is 1.57 bits per heavy atom. The van der Waals surface area contributed by atoms with Crippen LogP contribution >= 0.6 is 0 Å². The molecule has 0 saturated carbocycles. The molecule has 0 saturated heterocycles. The van der Waals surface area contributed by atoms with Gasteiger partial charge < -0.3 is 14.6 Å². The second-order valence-electron chi connectivity index (χ2n) is 8.91. The standard InChI is InChI=1S/C29H33N3O4S/c1-36-20-10-18-32(37(34,35)26-13-6-3-7-14-26)23-29(33)31(22-24-11-4-2-5-12-24)19-17-25-21-30-28-16-9-8-15-27(25)28/h2-9,11-16,21,30H,10,17-20,22-23H2,1H3. The number of rotatable bonds is 13. The van der Waals surface area contributed by atoms with Gasteiger partial charge in [-0.2, -0.15) is 4.31 Å². The Hall–Kier alpha value is -3.46. The summed E-state index contributed by atoms with van der Waals surface area (Å²) in [5.41, 5.74) is 3.17. The van der Waals surface area contributed by atoms with Gasteiger partial charge in [-0.15, -0.1) is 0 Å². The van der Waals surface area contributed by atoms with Crippen LogP contribution in [0.25, 0.3) is 10.9 Å². The lowest BCUT2D eigenvalue weighted by Crippen LogP contribution is -2.43. The van der Waals surface area contributed by atoms with E-state index >= 15 is 0 Å². The molecule has 194 valence electrons. The van der Waals surface area contributed by atoms with E-state index in [1.165, 1.54) is 4.31 Å². The number of ether oxygens (including phenoxy) is 1. The second-order valence-corrected chi connectivity index (χ2v) is 10.8. The minimum Gasteiger partial charge on any atom is -0.385 e. The maximum Gasteiger partial charge on any atom is 0.243 e. The number of para-hydroxylation sites is 1. The van der Waals surface area contributed by atoms with Crippen molar-refractivity contribution in [1.82, 2.24) is 14.2 Å². The molecule has 1 heterocycles. The average Bonchev–Trinajstić information content (AvgIpc) is 3.34. The van der Waals surface area contributed by atoms with E-state index in [9.17, 15) is 13.2 Å². The summed E-state index contributed by atoms with van der Waals surface area (Å²) >= 11 is 0. The SMILES string of the molecule is COCCCN(CC(=O)N(CCc1c[nH]c2ccccc12)Cc1ccccc1)S(=O)(=O)c1ccccc1. The van der Waals surface area contributed by atoms with E-state index in [2.05, 4.69) is 11.1 Å². The molecule has 1 aromatic heterocycles. The Kier molecular flexibility index (Phi) is 9.11. The fraction of sp³-hybridized carbons (Fsp3) is 0.276. The molecule has 0 bridgehead atoms. The molecule has 37 heavy (non-hydrogen) atoms. The van der Waals surface area contributed by atoms with Crippen LogP contribution in [-0.4, -0.2) is 61.9 Å². The predicted molar refractivity (Wildman–Crippen MR) is 146 cm³/mol. The third kappa shape index (κ3) is 6.85. The first-order chi connectivity index (χ1) is 18.0. The van der Waals surface area contributed by atoms with Crippen molar-refractivity contribution < 1.29 is 17.9 Å². The summed E-state index contributed by atoms with van der Waals surface area (Å²) in [6, 6.07) is 26.1. The highest BCUT2D eigenvalue weighted by molar-refractivity contribution is 7.89. The molecule has 0 unspecified atom stereocenters. The fourth-order valence-corrected chi connectivity index (χ4v) is 5.80. The first-order valence-corrected chi connectivity index (χ1v) is 13.8.